The highest BCUT2D eigenvalue weighted by atomic mass is 32.2. The number of carboxylic acids is 1. The predicted octanol–water partition coefficient (Wildman–Crippen LogP) is 4.39. The second-order valence-electron chi connectivity index (χ2n) is 8.77. The number of anilines is 1. The van der Waals surface area contributed by atoms with E-state index in [1.54, 1.807) is 36.1 Å². The molecule has 8 nitrogen and oxygen atoms in total. The molecule has 2 N–H and O–H groups in total. The van der Waals surface area contributed by atoms with E-state index in [4.69, 9.17) is 10.4 Å². The van der Waals surface area contributed by atoms with Gasteiger partial charge < -0.3 is 10.0 Å². The minimum absolute atomic E-state index is 0.136. The summed E-state index contributed by atoms with van der Waals surface area (Å²) in [6, 6.07) is 19.6. The van der Waals surface area contributed by atoms with Crippen molar-refractivity contribution in [2.24, 2.45) is 0 Å². The molecule has 1 saturated heterocycles. The van der Waals surface area contributed by atoms with E-state index in [9.17, 15) is 18.0 Å². The van der Waals surface area contributed by atoms with Crippen LogP contribution in [0.3, 0.4) is 0 Å². The molecule has 0 atom stereocenters. The first kappa shape index (κ1) is 24.9. The molecule has 36 heavy (non-hydrogen) atoms. The van der Waals surface area contributed by atoms with E-state index in [-0.39, 0.29) is 22.1 Å². The second-order valence-corrected chi connectivity index (χ2v) is 10.5. The molecule has 3 aromatic rings. The van der Waals surface area contributed by atoms with Crippen molar-refractivity contribution in [2.45, 2.75) is 30.6 Å². The smallest absolute Gasteiger partial charge is 0.335 e. The maximum atomic E-state index is 13.2. The molecule has 1 amide bonds. The number of carbonyl (C=O) groups excluding carboxylic acids is 1. The molecule has 0 aliphatic carbocycles. The summed E-state index contributed by atoms with van der Waals surface area (Å²) in [5.41, 5.74) is 2.89. The standard InChI is InChI=1S/C27H25N3O5S/c1-18-5-8-22(16-25(18)29-36(34,35)24-4-2-3-23(15-24)27(32)33)26(31)30-13-11-21(12-14-30)20-9-6-19(17-28)7-10-20/h2-10,15-16,21,29H,11-14H2,1H3,(H,32,33). The third kappa shape index (κ3) is 5.39. The molecule has 0 unspecified atom stereocenters. The number of rotatable bonds is 6. The van der Waals surface area contributed by atoms with Gasteiger partial charge in [0.15, 0.2) is 0 Å². The molecule has 1 aliphatic heterocycles. The van der Waals surface area contributed by atoms with Crippen LogP contribution in [0.5, 0.6) is 0 Å². The van der Waals surface area contributed by atoms with E-state index in [1.165, 1.54) is 24.3 Å². The Hall–Kier alpha value is -4.16. The fourth-order valence-electron chi connectivity index (χ4n) is 4.29. The van der Waals surface area contributed by atoms with Crippen molar-refractivity contribution in [3.63, 3.8) is 0 Å². The van der Waals surface area contributed by atoms with Crippen LogP contribution in [0.1, 0.15) is 56.2 Å². The lowest BCUT2D eigenvalue weighted by Crippen LogP contribution is -2.38. The Morgan fingerprint density at radius 3 is 2.33 bits per heavy atom. The molecule has 0 bridgehead atoms. The van der Waals surface area contributed by atoms with Crippen molar-refractivity contribution in [1.29, 1.82) is 5.26 Å². The topological polar surface area (TPSA) is 128 Å². The SMILES string of the molecule is Cc1ccc(C(=O)N2CCC(c3ccc(C#N)cc3)CC2)cc1NS(=O)(=O)c1cccc(C(=O)O)c1. The normalized spacial score (nSPS) is 14.2. The minimum Gasteiger partial charge on any atom is -0.478 e. The van der Waals surface area contributed by atoms with Crippen molar-refractivity contribution in [3.05, 3.63) is 94.5 Å². The first-order valence-corrected chi connectivity index (χ1v) is 12.9. The second kappa shape index (κ2) is 10.2. The quantitative estimate of drug-likeness (QED) is 0.514. The van der Waals surface area contributed by atoms with Crippen LogP contribution < -0.4 is 4.72 Å². The number of carboxylic acid groups (broad SMARTS) is 1. The Balaban J connectivity index is 1.47. The zero-order valence-electron chi connectivity index (χ0n) is 19.6. The summed E-state index contributed by atoms with van der Waals surface area (Å²) in [5.74, 6) is -1.09. The number of nitrogens with zero attached hydrogens (tertiary/aromatic N) is 2. The lowest BCUT2D eigenvalue weighted by Gasteiger charge is -2.32. The van der Waals surface area contributed by atoms with Gasteiger partial charge in [-0.3, -0.25) is 9.52 Å². The Morgan fingerprint density at radius 2 is 1.69 bits per heavy atom. The summed E-state index contributed by atoms with van der Waals surface area (Å²) in [7, 11) is -4.06. The molecule has 0 saturated carbocycles. The van der Waals surface area contributed by atoms with Gasteiger partial charge in [-0.15, -0.1) is 0 Å². The maximum Gasteiger partial charge on any atom is 0.335 e. The predicted molar refractivity (Wildman–Crippen MR) is 134 cm³/mol. The van der Waals surface area contributed by atoms with E-state index < -0.39 is 16.0 Å². The van der Waals surface area contributed by atoms with E-state index in [0.29, 0.717) is 35.7 Å². The molecule has 4 rings (SSSR count). The van der Waals surface area contributed by atoms with Crippen LogP contribution in [0.4, 0.5) is 5.69 Å². The Morgan fingerprint density at radius 1 is 1.00 bits per heavy atom. The number of hydrogen-bond acceptors (Lipinski definition) is 5. The van der Waals surface area contributed by atoms with Gasteiger partial charge in [0, 0.05) is 18.7 Å². The van der Waals surface area contributed by atoms with Gasteiger partial charge in [0.25, 0.3) is 15.9 Å². The molecule has 3 aromatic carbocycles. The van der Waals surface area contributed by atoms with E-state index in [1.807, 2.05) is 12.1 Å². The van der Waals surface area contributed by atoms with Gasteiger partial charge in [-0.05, 0) is 79.3 Å². The van der Waals surface area contributed by atoms with Crippen LogP contribution in [0.2, 0.25) is 0 Å². The van der Waals surface area contributed by atoms with Crippen LogP contribution in [0, 0.1) is 18.3 Å². The Labute approximate surface area is 209 Å². The Kier molecular flexibility index (Phi) is 7.08. The monoisotopic (exact) mass is 503 g/mol. The van der Waals surface area contributed by atoms with Crippen molar-refractivity contribution in [1.82, 2.24) is 4.90 Å². The number of nitrogens with one attached hydrogen (secondary N) is 1. The van der Waals surface area contributed by atoms with Crippen molar-refractivity contribution in [2.75, 3.05) is 17.8 Å². The summed E-state index contributed by atoms with van der Waals surface area (Å²) >= 11 is 0. The summed E-state index contributed by atoms with van der Waals surface area (Å²) in [5, 5.41) is 18.1. The molecule has 1 heterocycles. The zero-order valence-corrected chi connectivity index (χ0v) is 20.5. The van der Waals surface area contributed by atoms with Gasteiger partial charge in [0.1, 0.15) is 0 Å². The third-order valence-electron chi connectivity index (χ3n) is 6.41. The summed E-state index contributed by atoms with van der Waals surface area (Å²) in [6.07, 6.45) is 1.59. The molecule has 9 heteroatoms. The van der Waals surface area contributed by atoms with E-state index >= 15 is 0 Å². The molecule has 1 fully saturated rings. The summed E-state index contributed by atoms with van der Waals surface area (Å²) in [6.45, 7) is 2.86. The largest absolute Gasteiger partial charge is 0.478 e. The lowest BCUT2D eigenvalue weighted by atomic mass is 9.89. The van der Waals surface area contributed by atoms with Crippen LogP contribution in [-0.4, -0.2) is 43.4 Å². The van der Waals surface area contributed by atoms with Crippen molar-refractivity contribution in [3.8, 4) is 6.07 Å². The number of aromatic carboxylic acids is 1. The molecule has 184 valence electrons. The number of amides is 1. The number of hydrogen-bond donors (Lipinski definition) is 2. The average molecular weight is 504 g/mol. The van der Waals surface area contributed by atoms with Gasteiger partial charge in [-0.2, -0.15) is 5.26 Å². The molecule has 0 spiro atoms. The number of carbonyl (C=O) groups is 2. The van der Waals surface area contributed by atoms with Crippen LogP contribution in [-0.2, 0) is 10.0 Å². The Bertz CT molecular complexity index is 1450. The number of likely N-dealkylation sites (tertiary alicyclic amines) is 1. The fourth-order valence-corrected chi connectivity index (χ4v) is 5.46. The van der Waals surface area contributed by atoms with Gasteiger partial charge in [0.2, 0.25) is 0 Å². The van der Waals surface area contributed by atoms with Gasteiger partial charge in [0.05, 0.1) is 27.8 Å². The number of benzene rings is 3. The highest BCUT2D eigenvalue weighted by molar-refractivity contribution is 7.92. The molecular formula is C27H25N3O5S. The van der Waals surface area contributed by atoms with Crippen molar-refractivity contribution >= 4 is 27.6 Å². The number of nitriles is 1. The summed E-state index contributed by atoms with van der Waals surface area (Å²) in [4.78, 5) is 26.0. The highest BCUT2D eigenvalue weighted by Crippen LogP contribution is 2.30. The molecule has 0 aromatic heterocycles. The first-order valence-electron chi connectivity index (χ1n) is 11.4. The minimum atomic E-state index is -4.06. The summed E-state index contributed by atoms with van der Waals surface area (Å²) < 4.78 is 28.3. The van der Waals surface area contributed by atoms with Gasteiger partial charge >= 0.3 is 5.97 Å². The van der Waals surface area contributed by atoms with Crippen molar-refractivity contribution < 1.29 is 23.1 Å². The maximum absolute atomic E-state index is 13.2. The van der Waals surface area contributed by atoms with E-state index in [2.05, 4.69) is 10.8 Å². The van der Waals surface area contributed by atoms with Crippen LogP contribution >= 0.6 is 0 Å². The molecule has 0 radical (unpaired) electrons. The van der Waals surface area contributed by atoms with Crippen LogP contribution in [0.25, 0.3) is 0 Å². The highest BCUT2D eigenvalue weighted by Gasteiger charge is 2.25. The lowest BCUT2D eigenvalue weighted by molar-refractivity contribution is 0.0692. The fraction of sp³-hybridized carbons (Fsp3) is 0.222. The number of piperidine rings is 1. The van der Waals surface area contributed by atoms with E-state index in [0.717, 1.165) is 24.5 Å². The molecule has 1 aliphatic rings. The third-order valence-corrected chi connectivity index (χ3v) is 7.78. The van der Waals surface area contributed by atoms with Gasteiger partial charge in [-0.25, -0.2) is 13.2 Å². The van der Waals surface area contributed by atoms with Crippen LogP contribution in [0.15, 0.2) is 71.6 Å². The number of aryl methyl sites for hydroxylation is 1. The zero-order chi connectivity index (χ0) is 25.9. The number of sulfonamides is 1. The van der Waals surface area contributed by atoms with Gasteiger partial charge in [-0.1, -0.05) is 24.3 Å². The average Bonchev–Trinajstić information content (AvgIpc) is 2.89. The first-order chi connectivity index (χ1) is 17.2. The molecular weight excluding hydrogens is 478 g/mol.